The van der Waals surface area contributed by atoms with Crippen molar-refractivity contribution >= 4 is 23.7 Å². The molecule has 0 aromatic heterocycles. The second-order valence-corrected chi connectivity index (χ2v) is 7.58. The number of methoxy groups -OCH3 is 1. The van der Waals surface area contributed by atoms with Crippen LogP contribution in [0, 0.1) is 5.82 Å². The monoisotopic (exact) mass is 371 g/mol. The largest absolute Gasteiger partial charge is 0.467 e. The predicted octanol–water partition coefficient (Wildman–Crippen LogP) is 3.96. The van der Waals surface area contributed by atoms with Crippen LogP contribution in [0.4, 0.5) is 9.18 Å². The van der Waals surface area contributed by atoms with Crippen molar-refractivity contribution in [3.63, 3.8) is 0 Å². The molecule has 1 fully saturated rings. The van der Waals surface area contributed by atoms with E-state index in [1.807, 2.05) is 0 Å². The summed E-state index contributed by atoms with van der Waals surface area (Å²) in [6, 6.07) is 3.99. The lowest BCUT2D eigenvalue weighted by molar-refractivity contribution is -0.153. The van der Waals surface area contributed by atoms with Gasteiger partial charge in [0.2, 0.25) is 0 Å². The summed E-state index contributed by atoms with van der Waals surface area (Å²) in [5.74, 6) is -0.993. The Morgan fingerprint density at radius 2 is 2.04 bits per heavy atom. The normalized spacial score (nSPS) is 20.5. The maximum atomic E-state index is 13.3. The fourth-order valence-electron chi connectivity index (χ4n) is 3.10. The molecule has 25 heavy (non-hydrogen) atoms. The topological polar surface area (TPSA) is 55.8 Å². The molecule has 0 saturated carbocycles. The fourth-order valence-corrected chi connectivity index (χ4v) is 3.33. The van der Waals surface area contributed by atoms with E-state index in [0.717, 1.165) is 0 Å². The second-order valence-electron chi connectivity index (χ2n) is 7.17. The lowest BCUT2D eigenvalue weighted by atomic mass is 9.88. The zero-order valence-corrected chi connectivity index (χ0v) is 15.7. The molecule has 1 atom stereocenters. The average Bonchev–Trinajstić information content (AvgIpc) is 2.92. The Balaban J connectivity index is 2.39. The van der Waals surface area contributed by atoms with E-state index in [1.54, 1.807) is 20.8 Å². The molecule has 2 rings (SSSR count). The number of hydrogen-bond donors (Lipinski definition) is 0. The number of halogens is 2. The van der Waals surface area contributed by atoms with Gasteiger partial charge in [-0.25, -0.2) is 14.0 Å². The van der Waals surface area contributed by atoms with Crippen LogP contribution in [0.1, 0.15) is 39.2 Å². The molecular formula is C18H23ClFNO4. The van der Waals surface area contributed by atoms with E-state index >= 15 is 0 Å². The highest BCUT2D eigenvalue weighted by molar-refractivity contribution is 6.31. The number of nitrogens with zero attached hydrogens (tertiary/aromatic N) is 1. The SMILES string of the molecule is COC(=O)C1(Cc2ccc(F)cc2Cl)CCCN1C(=O)OC(C)(C)C. The highest BCUT2D eigenvalue weighted by Crippen LogP contribution is 2.37. The zero-order chi connectivity index (χ0) is 18.8. The number of benzene rings is 1. The zero-order valence-electron chi connectivity index (χ0n) is 14.9. The Morgan fingerprint density at radius 1 is 1.36 bits per heavy atom. The summed E-state index contributed by atoms with van der Waals surface area (Å²) in [6.45, 7) is 5.66. The number of likely N-dealkylation sites (tertiary alicyclic amines) is 1. The Hall–Kier alpha value is -1.82. The molecule has 0 N–H and O–H groups in total. The summed E-state index contributed by atoms with van der Waals surface area (Å²) < 4.78 is 23.7. The summed E-state index contributed by atoms with van der Waals surface area (Å²) in [5.41, 5.74) is -1.32. The Bertz CT molecular complexity index is 674. The van der Waals surface area contributed by atoms with E-state index < -0.39 is 29.0 Å². The molecule has 7 heteroatoms. The molecular weight excluding hydrogens is 349 g/mol. The van der Waals surface area contributed by atoms with Gasteiger partial charge >= 0.3 is 12.1 Å². The van der Waals surface area contributed by atoms with Gasteiger partial charge in [0, 0.05) is 18.0 Å². The number of carbonyl (C=O) groups excluding carboxylic acids is 2. The molecule has 1 unspecified atom stereocenters. The van der Waals surface area contributed by atoms with Gasteiger partial charge in [0.15, 0.2) is 0 Å². The minimum atomic E-state index is -1.21. The van der Waals surface area contributed by atoms with Crippen molar-refractivity contribution < 1.29 is 23.5 Å². The molecule has 1 saturated heterocycles. The minimum Gasteiger partial charge on any atom is -0.467 e. The van der Waals surface area contributed by atoms with Crippen molar-refractivity contribution in [2.24, 2.45) is 0 Å². The van der Waals surface area contributed by atoms with E-state index in [-0.39, 0.29) is 11.4 Å². The van der Waals surface area contributed by atoms with Crippen LogP contribution in [0.3, 0.4) is 0 Å². The van der Waals surface area contributed by atoms with Crippen LogP contribution in [0.5, 0.6) is 0 Å². The minimum absolute atomic E-state index is 0.137. The first-order valence-corrected chi connectivity index (χ1v) is 8.50. The number of ether oxygens (including phenoxy) is 2. The summed E-state index contributed by atoms with van der Waals surface area (Å²) in [7, 11) is 1.28. The van der Waals surface area contributed by atoms with Gasteiger partial charge in [0.05, 0.1) is 7.11 Å². The number of amides is 1. The third-order valence-corrected chi connectivity index (χ3v) is 4.52. The first-order chi connectivity index (χ1) is 11.6. The van der Waals surface area contributed by atoms with E-state index in [0.29, 0.717) is 24.9 Å². The molecule has 5 nitrogen and oxygen atoms in total. The van der Waals surface area contributed by atoms with Gasteiger partial charge in [-0.1, -0.05) is 17.7 Å². The number of rotatable bonds is 3. The first kappa shape index (κ1) is 19.5. The van der Waals surface area contributed by atoms with Crippen LogP contribution in [0.15, 0.2) is 18.2 Å². The van der Waals surface area contributed by atoms with Crippen molar-refractivity contribution in [3.8, 4) is 0 Å². The molecule has 138 valence electrons. The maximum absolute atomic E-state index is 13.3. The van der Waals surface area contributed by atoms with Gasteiger partial charge in [-0.05, 0) is 51.3 Å². The van der Waals surface area contributed by atoms with E-state index in [9.17, 15) is 14.0 Å². The molecule has 1 aliphatic rings. The lowest BCUT2D eigenvalue weighted by Gasteiger charge is -2.37. The Labute approximate surface area is 152 Å². The van der Waals surface area contributed by atoms with Crippen LogP contribution in [-0.4, -0.2) is 41.8 Å². The number of hydrogen-bond acceptors (Lipinski definition) is 4. The van der Waals surface area contributed by atoms with Crippen LogP contribution in [0.25, 0.3) is 0 Å². The Kier molecular flexibility index (Phi) is 5.62. The maximum Gasteiger partial charge on any atom is 0.411 e. The number of esters is 1. The van der Waals surface area contributed by atoms with Crippen molar-refractivity contribution in [1.29, 1.82) is 0 Å². The highest BCUT2D eigenvalue weighted by atomic mass is 35.5. The van der Waals surface area contributed by atoms with E-state index in [4.69, 9.17) is 21.1 Å². The first-order valence-electron chi connectivity index (χ1n) is 8.12. The van der Waals surface area contributed by atoms with E-state index in [1.165, 1.54) is 30.2 Å². The quantitative estimate of drug-likeness (QED) is 0.754. The summed E-state index contributed by atoms with van der Waals surface area (Å²) in [4.78, 5) is 26.6. The summed E-state index contributed by atoms with van der Waals surface area (Å²) >= 11 is 6.12. The van der Waals surface area contributed by atoms with E-state index in [2.05, 4.69) is 0 Å². The molecule has 1 heterocycles. The molecule has 0 radical (unpaired) electrons. The third kappa shape index (κ3) is 4.24. The molecule has 1 aliphatic heterocycles. The van der Waals surface area contributed by atoms with Crippen LogP contribution in [-0.2, 0) is 20.7 Å². The molecule has 0 bridgehead atoms. The Morgan fingerprint density at radius 3 is 2.60 bits per heavy atom. The van der Waals surface area contributed by atoms with Crippen molar-refractivity contribution in [2.75, 3.05) is 13.7 Å². The van der Waals surface area contributed by atoms with Crippen LogP contribution < -0.4 is 0 Å². The van der Waals surface area contributed by atoms with Gasteiger partial charge in [-0.15, -0.1) is 0 Å². The average molecular weight is 372 g/mol. The van der Waals surface area contributed by atoms with Gasteiger partial charge in [-0.2, -0.15) is 0 Å². The second kappa shape index (κ2) is 7.20. The molecule has 1 aromatic carbocycles. The highest BCUT2D eigenvalue weighted by Gasteiger charge is 2.52. The standard InChI is InChI=1S/C18H23ClFNO4/c1-17(2,3)25-16(23)21-9-5-8-18(21,15(22)24-4)11-12-6-7-13(20)10-14(12)19/h6-7,10H,5,8-9,11H2,1-4H3. The molecule has 0 spiro atoms. The van der Waals surface area contributed by atoms with Gasteiger partial charge in [0.25, 0.3) is 0 Å². The fraction of sp³-hybridized carbons (Fsp3) is 0.556. The smallest absolute Gasteiger partial charge is 0.411 e. The van der Waals surface area contributed by atoms with Crippen LogP contribution in [0.2, 0.25) is 5.02 Å². The predicted molar refractivity (Wildman–Crippen MR) is 92.0 cm³/mol. The van der Waals surface area contributed by atoms with Crippen molar-refractivity contribution in [2.45, 2.75) is 51.2 Å². The van der Waals surface area contributed by atoms with Crippen molar-refractivity contribution in [3.05, 3.63) is 34.6 Å². The molecule has 1 aromatic rings. The van der Waals surface area contributed by atoms with Gasteiger partial charge < -0.3 is 9.47 Å². The van der Waals surface area contributed by atoms with Gasteiger partial charge in [0.1, 0.15) is 17.0 Å². The van der Waals surface area contributed by atoms with Crippen LogP contribution >= 0.6 is 11.6 Å². The lowest BCUT2D eigenvalue weighted by Crippen LogP contribution is -2.56. The molecule has 0 aliphatic carbocycles. The third-order valence-electron chi connectivity index (χ3n) is 4.17. The van der Waals surface area contributed by atoms with Crippen molar-refractivity contribution in [1.82, 2.24) is 4.90 Å². The summed E-state index contributed by atoms with van der Waals surface area (Å²) in [5, 5.41) is 0.208. The summed E-state index contributed by atoms with van der Waals surface area (Å²) in [6.07, 6.45) is 0.617. The number of carbonyl (C=O) groups is 2. The van der Waals surface area contributed by atoms with Gasteiger partial charge in [-0.3, -0.25) is 4.90 Å². The molecule has 1 amide bonds.